The van der Waals surface area contributed by atoms with E-state index in [-0.39, 0.29) is 34.7 Å². The minimum absolute atomic E-state index is 0. The second-order valence-corrected chi connectivity index (χ2v) is 6.71. The molecule has 1 atom stereocenters. The third-order valence-corrected chi connectivity index (χ3v) is 3.99. The zero-order valence-corrected chi connectivity index (χ0v) is 14.2. The number of carbonyl (C=O) groups is 1. The average molecular weight is 350 g/mol. The van der Waals surface area contributed by atoms with Crippen LogP contribution in [0.3, 0.4) is 0 Å². The Morgan fingerprint density at radius 2 is 1.95 bits per heavy atom. The fourth-order valence-electron chi connectivity index (χ4n) is 1.92. The minimum Gasteiger partial charge on any atom is -0.384 e. The third-order valence-electron chi connectivity index (χ3n) is 2.84. The Hall–Kier alpha value is -1.64. The van der Waals surface area contributed by atoms with Crippen LogP contribution in [0.25, 0.3) is 0 Å². The predicted molar refractivity (Wildman–Crippen MR) is 87.2 cm³/mol. The van der Waals surface area contributed by atoms with Crippen LogP contribution in [-0.4, -0.2) is 40.3 Å². The highest BCUT2D eigenvalue weighted by molar-refractivity contribution is 7.90. The summed E-state index contributed by atoms with van der Waals surface area (Å²) < 4.78 is 28.9. The van der Waals surface area contributed by atoms with Crippen molar-refractivity contribution in [2.75, 3.05) is 20.0 Å². The highest BCUT2D eigenvalue weighted by Crippen LogP contribution is 2.26. The van der Waals surface area contributed by atoms with Gasteiger partial charge in [-0.1, -0.05) is 13.0 Å². The maximum absolute atomic E-state index is 11.9. The number of aliphatic imine (C=N–C) groups is 1. The second-order valence-electron chi connectivity index (χ2n) is 4.72. The number of halogens is 1. The Labute approximate surface area is 136 Å². The Morgan fingerprint density at radius 1 is 1.36 bits per heavy atom. The summed E-state index contributed by atoms with van der Waals surface area (Å²) in [4.78, 5) is 15.2. The minimum atomic E-state index is -3.50. The van der Waals surface area contributed by atoms with Gasteiger partial charge in [0, 0.05) is 24.8 Å². The number of sulfone groups is 1. The van der Waals surface area contributed by atoms with E-state index in [2.05, 4.69) is 4.99 Å². The summed E-state index contributed by atoms with van der Waals surface area (Å²) in [6, 6.07) is 4.35. The molecule has 0 heterocycles. The van der Waals surface area contributed by atoms with Gasteiger partial charge in [0.15, 0.2) is 15.8 Å². The lowest BCUT2D eigenvalue weighted by molar-refractivity contribution is 0.100. The standard InChI is InChI=1S/C13H19N3O4S.ClH/c1-8(7-20-2)10-5-4-9(12(17)16-13(14)15)6-11(10)21(3,18)19;/h4-6,8H,7H2,1-3H3,(H4,14,15,16,17);1H. The summed E-state index contributed by atoms with van der Waals surface area (Å²) in [5.74, 6) is -1.20. The summed E-state index contributed by atoms with van der Waals surface area (Å²) in [6.07, 6.45) is 1.08. The van der Waals surface area contributed by atoms with Crippen LogP contribution in [0.1, 0.15) is 28.8 Å². The molecule has 1 unspecified atom stereocenters. The van der Waals surface area contributed by atoms with Gasteiger partial charge in [0.05, 0.1) is 11.5 Å². The SMILES string of the molecule is COCC(C)c1ccc(C(=O)N=C(N)N)cc1S(C)(=O)=O.Cl. The first-order valence-corrected chi connectivity index (χ1v) is 8.03. The molecule has 1 amide bonds. The van der Waals surface area contributed by atoms with Crippen molar-refractivity contribution < 1.29 is 17.9 Å². The van der Waals surface area contributed by atoms with E-state index >= 15 is 0 Å². The molecule has 0 radical (unpaired) electrons. The summed E-state index contributed by atoms with van der Waals surface area (Å²) in [5.41, 5.74) is 11.0. The number of amides is 1. The van der Waals surface area contributed by atoms with Crippen molar-refractivity contribution >= 4 is 34.1 Å². The number of rotatable bonds is 5. The van der Waals surface area contributed by atoms with Gasteiger partial charge in [0.1, 0.15) is 0 Å². The fraction of sp³-hybridized carbons (Fsp3) is 0.385. The molecule has 0 saturated heterocycles. The van der Waals surface area contributed by atoms with Crippen LogP contribution in [0.5, 0.6) is 0 Å². The largest absolute Gasteiger partial charge is 0.384 e. The molecule has 0 aliphatic heterocycles. The number of nitrogens with two attached hydrogens (primary N) is 2. The Balaban J connectivity index is 0.00000441. The number of benzene rings is 1. The Morgan fingerprint density at radius 3 is 2.41 bits per heavy atom. The van der Waals surface area contributed by atoms with E-state index in [1.165, 1.54) is 19.2 Å². The number of carbonyl (C=O) groups excluding carboxylic acids is 1. The molecule has 0 saturated carbocycles. The first kappa shape index (κ1) is 20.4. The molecule has 1 aromatic carbocycles. The van der Waals surface area contributed by atoms with Gasteiger partial charge in [-0.3, -0.25) is 4.79 Å². The van der Waals surface area contributed by atoms with E-state index in [1.54, 1.807) is 6.07 Å². The van der Waals surface area contributed by atoms with Crippen LogP contribution in [0.15, 0.2) is 28.1 Å². The molecule has 22 heavy (non-hydrogen) atoms. The quantitative estimate of drug-likeness (QED) is 0.594. The van der Waals surface area contributed by atoms with Gasteiger partial charge in [-0.25, -0.2) is 8.42 Å². The van der Waals surface area contributed by atoms with E-state index in [9.17, 15) is 13.2 Å². The molecule has 9 heteroatoms. The van der Waals surface area contributed by atoms with Crippen molar-refractivity contribution in [2.24, 2.45) is 16.5 Å². The van der Waals surface area contributed by atoms with Crippen LogP contribution in [-0.2, 0) is 14.6 Å². The Bertz CT molecular complexity index is 670. The first-order chi connectivity index (χ1) is 9.66. The summed E-state index contributed by atoms with van der Waals surface area (Å²) in [7, 11) is -1.97. The Kier molecular flexibility index (Phi) is 7.51. The van der Waals surface area contributed by atoms with Gasteiger partial charge in [-0.2, -0.15) is 4.99 Å². The molecule has 0 fully saturated rings. The molecule has 7 nitrogen and oxygen atoms in total. The molecule has 0 aromatic heterocycles. The molecule has 0 bridgehead atoms. The number of hydrogen-bond acceptors (Lipinski definition) is 4. The number of methoxy groups -OCH3 is 1. The summed E-state index contributed by atoms with van der Waals surface area (Å²) in [6.45, 7) is 2.20. The smallest absolute Gasteiger partial charge is 0.280 e. The van der Waals surface area contributed by atoms with Crippen molar-refractivity contribution in [2.45, 2.75) is 17.7 Å². The molecule has 4 N–H and O–H groups in total. The van der Waals surface area contributed by atoms with E-state index in [1.807, 2.05) is 6.92 Å². The number of ether oxygens (including phenoxy) is 1. The van der Waals surface area contributed by atoms with E-state index in [4.69, 9.17) is 16.2 Å². The van der Waals surface area contributed by atoms with E-state index in [0.29, 0.717) is 12.2 Å². The molecular formula is C13H20ClN3O4S. The lowest BCUT2D eigenvalue weighted by Crippen LogP contribution is -2.24. The molecule has 124 valence electrons. The molecular weight excluding hydrogens is 330 g/mol. The van der Waals surface area contributed by atoms with Gasteiger partial charge in [0.25, 0.3) is 5.91 Å². The topological polar surface area (TPSA) is 125 Å². The van der Waals surface area contributed by atoms with Crippen molar-refractivity contribution in [1.82, 2.24) is 0 Å². The van der Waals surface area contributed by atoms with Gasteiger partial charge in [-0.15, -0.1) is 12.4 Å². The summed E-state index contributed by atoms with van der Waals surface area (Å²) >= 11 is 0. The molecule has 1 aromatic rings. The zero-order chi connectivity index (χ0) is 16.2. The van der Waals surface area contributed by atoms with Gasteiger partial charge in [-0.05, 0) is 17.7 Å². The van der Waals surface area contributed by atoms with Crippen LogP contribution in [0.2, 0.25) is 0 Å². The number of guanidine groups is 1. The van der Waals surface area contributed by atoms with Crippen molar-refractivity contribution in [1.29, 1.82) is 0 Å². The molecule has 0 aliphatic rings. The molecule has 0 spiro atoms. The third kappa shape index (κ3) is 5.28. The van der Waals surface area contributed by atoms with Gasteiger partial charge in [0.2, 0.25) is 0 Å². The van der Waals surface area contributed by atoms with Crippen molar-refractivity contribution in [3.05, 3.63) is 29.3 Å². The first-order valence-electron chi connectivity index (χ1n) is 6.13. The van der Waals surface area contributed by atoms with Crippen LogP contribution in [0, 0.1) is 0 Å². The van der Waals surface area contributed by atoms with E-state index in [0.717, 1.165) is 6.26 Å². The molecule has 0 aliphatic carbocycles. The second kappa shape index (κ2) is 8.11. The predicted octanol–water partition coefficient (Wildman–Crippen LogP) is 0.675. The maximum Gasteiger partial charge on any atom is 0.280 e. The van der Waals surface area contributed by atoms with Gasteiger partial charge >= 0.3 is 0 Å². The molecule has 1 rings (SSSR count). The highest BCUT2D eigenvalue weighted by Gasteiger charge is 2.20. The fourth-order valence-corrected chi connectivity index (χ4v) is 2.96. The van der Waals surface area contributed by atoms with Crippen LogP contribution in [0.4, 0.5) is 0 Å². The maximum atomic E-state index is 11.9. The van der Waals surface area contributed by atoms with Gasteiger partial charge < -0.3 is 16.2 Å². The van der Waals surface area contributed by atoms with E-state index < -0.39 is 15.7 Å². The highest BCUT2D eigenvalue weighted by atomic mass is 35.5. The van der Waals surface area contributed by atoms with Crippen molar-refractivity contribution in [3.8, 4) is 0 Å². The van der Waals surface area contributed by atoms with Crippen LogP contribution >= 0.6 is 12.4 Å². The number of nitrogens with zero attached hydrogens (tertiary/aromatic N) is 1. The van der Waals surface area contributed by atoms with Crippen LogP contribution < -0.4 is 11.5 Å². The normalized spacial score (nSPS) is 12.1. The zero-order valence-electron chi connectivity index (χ0n) is 12.6. The lowest BCUT2D eigenvalue weighted by Gasteiger charge is -2.15. The lowest BCUT2D eigenvalue weighted by atomic mass is 10.0. The number of hydrogen-bond donors (Lipinski definition) is 2. The monoisotopic (exact) mass is 349 g/mol. The van der Waals surface area contributed by atoms with Crippen molar-refractivity contribution in [3.63, 3.8) is 0 Å². The summed E-state index contributed by atoms with van der Waals surface area (Å²) in [5, 5.41) is 0. The average Bonchev–Trinajstić information content (AvgIpc) is 2.36.